The van der Waals surface area contributed by atoms with E-state index < -0.39 is 23.5 Å². The van der Waals surface area contributed by atoms with Crippen LogP contribution in [0.3, 0.4) is 0 Å². The van der Waals surface area contributed by atoms with E-state index in [2.05, 4.69) is 5.32 Å². The molecule has 0 aromatic heterocycles. The Morgan fingerprint density at radius 2 is 2.14 bits per heavy atom. The molecule has 1 aliphatic carbocycles. The van der Waals surface area contributed by atoms with Crippen LogP contribution >= 0.6 is 0 Å². The molecule has 122 valence electrons. The summed E-state index contributed by atoms with van der Waals surface area (Å²) in [5, 5.41) is 3.14. The number of nitrogens with zero attached hydrogens (tertiary/aromatic N) is 1. The maximum Gasteiger partial charge on any atom is 0.393 e. The van der Waals surface area contributed by atoms with E-state index in [4.69, 9.17) is 5.73 Å². The number of hydrogen-bond donors (Lipinski definition) is 2. The predicted molar refractivity (Wildman–Crippen MR) is 73.6 cm³/mol. The van der Waals surface area contributed by atoms with E-state index in [-0.39, 0.29) is 19.0 Å². The number of primary amides is 1. The third kappa shape index (κ3) is 3.51. The topological polar surface area (TPSA) is 58.4 Å². The highest BCUT2D eigenvalue weighted by molar-refractivity contribution is 5.85. The number of likely N-dealkylation sites (N-methyl/N-ethyl adjacent to an activating group) is 1. The summed E-state index contributed by atoms with van der Waals surface area (Å²) in [5.41, 5.74) is 4.76. The quantitative estimate of drug-likeness (QED) is 0.830. The second-order valence-electron chi connectivity index (χ2n) is 6.25. The van der Waals surface area contributed by atoms with Crippen LogP contribution in [0.25, 0.3) is 0 Å². The van der Waals surface area contributed by atoms with Gasteiger partial charge in [-0.2, -0.15) is 13.2 Å². The molecule has 4 nitrogen and oxygen atoms in total. The minimum Gasteiger partial charge on any atom is -0.368 e. The van der Waals surface area contributed by atoms with Crippen molar-refractivity contribution in [1.82, 2.24) is 10.2 Å². The summed E-state index contributed by atoms with van der Waals surface area (Å²) >= 11 is 0. The molecule has 1 saturated carbocycles. The standard InChI is InChI=1S/C14H24F3N3O/c1-2-19-13(12(18)21)6-5-11(8-13)20-7-3-4-10(9-20)14(15,16)17/h10-11,19H,2-9H2,1H3,(H2,18,21). The van der Waals surface area contributed by atoms with Crippen LogP contribution in [0.4, 0.5) is 13.2 Å². The molecule has 7 heteroatoms. The van der Waals surface area contributed by atoms with Crippen molar-refractivity contribution in [1.29, 1.82) is 0 Å². The molecule has 0 bridgehead atoms. The molecule has 0 aromatic carbocycles. The summed E-state index contributed by atoms with van der Waals surface area (Å²) < 4.78 is 38.7. The average Bonchev–Trinajstić information content (AvgIpc) is 2.84. The van der Waals surface area contributed by atoms with Gasteiger partial charge in [0.15, 0.2) is 0 Å². The lowest BCUT2D eigenvalue weighted by Gasteiger charge is -2.38. The van der Waals surface area contributed by atoms with E-state index in [1.807, 2.05) is 11.8 Å². The number of amides is 1. The molecule has 0 spiro atoms. The van der Waals surface area contributed by atoms with Gasteiger partial charge in [0, 0.05) is 12.6 Å². The third-order valence-corrected chi connectivity index (χ3v) is 4.91. The minimum atomic E-state index is -4.13. The Balaban J connectivity index is 2.02. The van der Waals surface area contributed by atoms with Crippen molar-refractivity contribution in [3.05, 3.63) is 0 Å². The second-order valence-corrected chi connectivity index (χ2v) is 6.25. The molecule has 3 N–H and O–H groups in total. The summed E-state index contributed by atoms with van der Waals surface area (Å²) in [6, 6.07) is 0.0155. The van der Waals surface area contributed by atoms with Gasteiger partial charge in [-0.1, -0.05) is 6.92 Å². The van der Waals surface area contributed by atoms with Gasteiger partial charge in [0.25, 0.3) is 0 Å². The van der Waals surface area contributed by atoms with Crippen molar-refractivity contribution in [2.24, 2.45) is 11.7 Å². The van der Waals surface area contributed by atoms with E-state index >= 15 is 0 Å². The molecule has 3 unspecified atom stereocenters. The van der Waals surface area contributed by atoms with Crippen molar-refractivity contribution in [2.75, 3.05) is 19.6 Å². The monoisotopic (exact) mass is 307 g/mol. The third-order valence-electron chi connectivity index (χ3n) is 4.91. The first-order chi connectivity index (χ1) is 9.78. The van der Waals surface area contributed by atoms with E-state index in [1.54, 1.807) is 0 Å². The second kappa shape index (κ2) is 6.12. The molecule has 0 aromatic rings. The highest BCUT2D eigenvalue weighted by Gasteiger charge is 2.48. The van der Waals surface area contributed by atoms with E-state index in [9.17, 15) is 18.0 Å². The molecule has 2 rings (SSSR count). The van der Waals surface area contributed by atoms with Crippen molar-refractivity contribution >= 4 is 5.91 Å². The lowest BCUT2D eigenvalue weighted by molar-refractivity contribution is -0.188. The van der Waals surface area contributed by atoms with Crippen LogP contribution in [0.1, 0.15) is 39.0 Å². The summed E-state index contributed by atoms with van der Waals surface area (Å²) in [7, 11) is 0. The first-order valence-corrected chi connectivity index (χ1v) is 7.64. The van der Waals surface area contributed by atoms with Gasteiger partial charge >= 0.3 is 6.18 Å². The molecular weight excluding hydrogens is 283 g/mol. The number of nitrogens with one attached hydrogen (secondary N) is 1. The summed E-state index contributed by atoms with van der Waals surface area (Å²) in [4.78, 5) is 13.6. The first-order valence-electron chi connectivity index (χ1n) is 7.64. The van der Waals surface area contributed by atoms with Gasteiger partial charge in [-0.3, -0.25) is 9.69 Å². The Morgan fingerprint density at radius 1 is 1.43 bits per heavy atom. The largest absolute Gasteiger partial charge is 0.393 e. The zero-order valence-electron chi connectivity index (χ0n) is 12.4. The van der Waals surface area contributed by atoms with Gasteiger partial charge in [-0.15, -0.1) is 0 Å². The predicted octanol–water partition coefficient (Wildman–Crippen LogP) is 1.65. The van der Waals surface area contributed by atoms with Gasteiger partial charge in [0.05, 0.1) is 11.5 Å². The number of halogens is 3. The molecular formula is C14H24F3N3O. The Morgan fingerprint density at radius 3 is 2.71 bits per heavy atom. The summed E-state index contributed by atoms with van der Waals surface area (Å²) in [5.74, 6) is -1.63. The molecule has 2 aliphatic rings. The SMILES string of the molecule is CCNC1(C(N)=O)CCC(N2CCCC(C(F)(F)F)C2)C1. The van der Waals surface area contributed by atoms with Crippen molar-refractivity contribution in [3.63, 3.8) is 0 Å². The van der Waals surface area contributed by atoms with Crippen LogP contribution < -0.4 is 11.1 Å². The van der Waals surface area contributed by atoms with Crippen LogP contribution in [0.15, 0.2) is 0 Å². The molecule has 2 fully saturated rings. The van der Waals surface area contributed by atoms with Crippen molar-refractivity contribution in [2.45, 2.75) is 56.8 Å². The highest BCUT2D eigenvalue weighted by atomic mass is 19.4. The van der Waals surface area contributed by atoms with E-state index in [1.165, 1.54) is 0 Å². The summed E-state index contributed by atoms with van der Waals surface area (Å²) in [6.07, 6.45) is -1.51. The molecule has 1 heterocycles. The highest BCUT2D eigenvalue weighted by Crippen LogP contribution is 2.38. The Kier molecular flexibility index (Phi) is 4.82. The number of rotatable bonds is 4. The number of likely N-dealkylation sites (tertiary alicyclic amines) is 1. The van der Waals surface area contributed by atoms with E-state index in [0.717, 1.165) is 6.42 Å². The van der Waals surface area contributed by atoms with Gasteiger partial charge < -0.3 is 11.1 Å². The summed E-state index contributed by atoms with van der Waals surface area (Å²) in [6.45, 7) is 3.26. The first kappa shape index (κ1) is 16.5. The molecule has 3 atom stereocenters. The van der Waals surface area contributed by atoms with E-state index in [0.29, 0.717) is 32.4 Å². The van der Waals surface area contributed by atoms with Crippen LogP contribution in [0.5, 0.6) is 0 Å². The van der Waals surface area contributed by atoms with Crippen molar-refractivity contribution < 1.29 is 18.0 Å². The number of carbonyl (C=O) groups is 1. The fourth-order valence-electron chi connectivity index (χ4n) is 3.75. The number of nitrogens with two attached hydrogens (primary N) is 1. The smallest absolute Gasteiger partial charge is 0.368 e. The zero-order valence-corrected chi connectivity index (χ0v) is 12.4. The number of hydrogen-bond acceptors (Lipinski definition) is 3. The number of piperidine rings is 1. The number of carbonyl (C=O) groups excluding carboxylic acids is 1. The molecule has 0 radical (unpaired) electrons. The minimum absolute atomic E-state index is 0.0155. The lowest BCUT2D eigenvalue weighted by atomic mass is 9.93. The molecule has 1 saturated heterocycles. The fourth-order valence-corrected chi connectivity index (χ4v) is 3.75. The normalized spacial score (nSPS) is 35.0. The molecule has 1 aliphatic heterocycles. The zero-order chi connectivity index (χ0) is 15.7. The Hall–Kier alpha value is -0.820. The average molecular weight is 307 g/mol. The van der Waals surface area contributed by atoms with Crippen LogP contribution in [0, 0.1) is 5.92 Å². The van der Waals surface area contributed by atoms with Crippen LogP contribution in [0.2, 0.25) is 0 Å². The lowest BCUT2D eigenvalue weighted by Crippen LogP contribution is -2.55. The maximum atomic E-state index is 12.9. The molecule has 1 amide bonds. The van der Waals surface area contributed by atoms with Gasteiger partial charge in [0.1, 0.15) is 0 Å². The van der Waals surface area contributed by atoms with Gasteiger partial charge in [0.2, 0.25) is 5.91 Å². The van der Waals surface area contributed by atoms with Crippen molar-refractivity contribution in [3.8, 4) is 0 Å². The van der Waals surface area contributed by atoms with Gasteiger partial charge in [-0.05, 0) is 45.2 Å². The fraction of sp³-hybridized carbons (Fsp3) is 0.929. The van der Waals surface area contributed by atoms with Gasteiger partial charge in [-0.25, -0.2) is 0 Å². The Labute approximate surface area is 123 Å². The molecule has 21 heavy (non-hydrogen) atoms. The van der Waals surface area contributed by atoms with Crippen LogP contribution in [-0.2, 0) is 4.79 Å². The van der Waals surface area contributed by atoms with Crippen LogP contribution in [-0.4, -0.2) is 48.2 Å². The Bertz CT molecular complexity index is 388. The maximum absolute atomic E-state index is 12.9. The number of alkyl halides is 3.